The lowest BCUT2D eigenvalue weighted by Gasteiger charge is -2.21. The Morgan fingerprint density at radius 1 is 1.17 bits per heavy atom. The summed E-state index contributed by atoms with van der Waals surface area (Å²) in [5.41, 5.74) is 0. The smallest absolute Gasteiger partial charge is 0.407 e. The van der Waals surface area contributed by atoms with Crippen LogP contribution in [0.15, 0.2) is 4.99 Å². The standard InChI is InChI=1S/C16H34N4O3.HI/c1-7-17-15(19-13(5)11-22-6)18-10-14(9-12(3)4)20-16(21)23-8-2;/h12-14H,7-11H2,1-6H3,(H,20,21)(H2,17,18,19);1H. The summed E-state index contributed by atoms with van der Waals surface area (Å²) in [4.78, 5) is 16.2. The number of carbonyl (C=O) groups is 1. The fourth-order valence-electron chi connectivity index (χ4n) is 2.13. The van der Waals surface area contributed by atoms with E-state index in [-0.39, 0.29) is 42.2 Å². The molecule has 0 radical (unpaired) electrons. The molecule has 0 aromatic heterocycles. The van der Waals surface area contributed by atoms with Gasteiger partial charge >= 0.3 is 6.09 Å². The van der Waals surface area contributed by atoms with Crippen molar-refractivity contribution in [1.82, 2.24) is 16.0 Å². The first-order chi connectivity index (χ1) is 10.9. The van der Waals surface area contributed by atoms with Crippen LogP contribution >= 0.6 is 24.0 Å². The Morgan fingerprint density at radius 2 is 1.83 bits per heavy atom. The van der Waals surface area contributed by atoms with Crippen molar-refractivity contribution in [2.75, 3.05) is 33.4 Å². The average Bonchev–Trinajstić information content (AvgIpc) is 2.44. The van der Waals surface area contributed by atoms with E-state index >= 15 is 0 Å². The predicted octanol–water partition coefficient (Wildman–Crippen LogP) is 2.36. The predicted molar refractivity (Wildman–Crippen MR) is 109 cm³/mol. The zero-order chi connectivity index (χ0) is 17.7. The number of guanidine groups is 1. The lowest BCUT2D eigenvalue weighted by molar-refractivity contribution is 0.147. The quantitative estimate of drug-likeness (QED) is 0.266. The molecule has 0 saturated carbocycles. The Bertz CT molecular complexity index is 354. The number of amides is 1. The van der Waals surface area contributed by atoms with Gasteiger partial charge in [0.25, 0.3) is 0 Å². The molecule has 2 atom stereocenters. The molecule has 24 heavy (non-hydrogen) atoms. The van der Waals surface area contributed by atoms with Crippen LogP contribution < -0.4 is 16.0 Å². The van der Waals surface area contributed by atoms with E-state index in [2.05, 4.69) is 34.8 Å². The summed E-state index contributed by atoms with van der Waals surface area (Å²) < 4.78 is 10.1. The molecule has 144 valence electrons. The first kappa shape index (κ1) is 25.5. The summed E-state index contributed by atoms with van der Waals surface area (Å²) in [6, 6.07) is 0.0987. The fraction of sp³-hybridized carbons (Fsp3) is 0.875. The third-order valence-corrected chi connectivity index (χ3v) is 2.97. The van der Waals surface area contributed by atoms with Crippen molar-refractivity contribution in [1.29, 1.82) is 0 Å². The van der Waals surface area contributed by atoms with E-state index in [1.807, 2.05) is 13.8 Å². The molecule has 0 rings (SSSR count). The number of aliphatic imine (C=N–C) groups is 1. The molecular weight excluding hydrogens is 423 g/mol. The SMILES string of the molecule is CCNC(=NCC(CC(C)C)NC(=O)OCC)NC(C)COC.I. The number of alkyl carbamates (subject to hydrolysis) is 1. The maximum atomic E-state index is 11.6. The maximum Gasteiger partial charge on any atom is 0.407 e. The van der Waals surface area contributed by atoms with Gasteiger partial charge in [0.15, 0.2) is 5.96 Å². The highest BCUT2D eigenvalue weighted by atomic mass is 127. The van der Waals surface area contributed by atoms with E-state index < -0.39 is 0 Å². The van der Waals surface area contributed by atoms with Gasteiger partial charge in [0.05, 0.1) is 25.8 Å². The molecule has 0 bridgehead atoms. The third kappa shape index (κ3) is 13.6. The summed E-state index contributed by atoms with van der Waals surface area (Å²) in [5, 5.41) is 9.35. The van der Waals surface area contributed by atoms with E-state index in [0.29, 0.717) is 25.7 Å². The third-order valence-electron chi connectivity index (χ3n) is 2.97. The molecule has 1 amide bonds. The first-order valence-electron chi connectivity index (χ1n) is 8.39. The molecule has 0 aliphatic heterocycles. The molecule has 0 fully saturated rings. The Balaban J connectivity index is 0. The zero-order valence-corrected chi connectivity index (χ0v) is 18.2. The number of carbonyl (C=O) groups excluding carboxylic acids is 1. The molecule has 0 aliphatic rings. The molecule has 0 aliphatic carbocycles. The van der Waals surface area contributed by atoms with Gasteiger partial charge in [0.2, 0.25) is 0 Å². The minimum Gasteiger partial charge on any atom is -0.450 e. The number of methoxy groups -OCH3 is 1. The van der Waals surface area contributed by atoms with Crippen LogP contribution in [0.3, 0.4) is 0 Å². The lowest BCUT2D eigenvalue weighted by Crippen LogP contribution is -2.45. The highest BCUT2D eigenvalue weighted by Crippen LogP contribution is 2.05. The molecule has 8 heteroatoms. The van der Waals surface area contributed by atoms with Gasteiger partial charge in [0.1, 0.15) is 0 Å². The second-order valence-electron chi connectivity index (χ2n) is 5.91. The number of ether oxygens (including phenoxy) is 2. The number of hydrogen-bond donors (Lipinski definition) is 3. The summed E-state index contributed by atoms with van der Waals surface area (Å²) in [6.07, 6.45) is 0.453. The fourth-order valence-corrected chi connectivity index (χ4v) is 2.13. The summed E-state index contributed by atoms with van der Waals surface area (Å²) >= 11 is 0. The number of nitrogens with one attached hydrogen (secondary N) is 3. The van der Waals surface area contributed by atoms with Gasteiger partial charge in [0, 0.05) is 19.7 Å². The number of hydrogen-bond acceptors (Lipinski definition) is 4. The van der Waals surface area contributed by atoms with Crippen LogP contribution in [-0.2, 0) is 9.47 Å². The minimum atomic E-state index is -0.390. The van der Waals surface area contributed by atoms with E-state index in [0.717, 1.165) is 18.9 Å². The van der Waals surface area contributed by atoms with Crippen LogP contribution in [0.4, 0.5) is 4.79 Å². The minimum absolute atomic E-state index is 0. The summed E-state index contributed by atoms with van der Waals surface area (Å²) in [7, 11) is 1.67. The van der Waals surface area contributed by atoms with Crippen molar-refractivity contribution in [3.63, 3.8) is 0 Å². The van der Waals surface area contributed by atoms with Crippen LogP contribution in [0.25, 0.3) is 0 Å². The highest BCUT2D eigenvalue weighted by Gasteiger charge is 2.15. The van der Waals surface area contributed by atoms with Crippen molar-refractivity contribution in [3.05, 3.63) is 0 Å². The van der Waals surface area contributed by atoms with E-state index in [9.17, 15) is 4.79 Å². The van der Waals surface area contributed by atoms with E-state index in [1.54, 1.807) is 14.0 Å². The zero-order valence-electron chi connectivity index (χ0n) is 15.8. The molecule has 0 saturated heterocycles. The van der Waals surface area contributed by atoms with Gasteiger partial charge in [-0.25, -0.2) is 4.79 Å². The Morgan fingerprint density at radius 3 is 2.33 bits per heavy atom. The number of nitrogens with zero attached hydrogens (tertiary/aromatic N) is 1. The van der Waals surface area contributed by atoms with Crippen molar-refractivity contribution in [3.8, 4) is 0 Å². The molecule has 0 spiro atoms. The van der Waals surface area contributed by atoms with Crippen molar-refractivity contribution >= 4 is 36.0 Å². The normalized spacial score (nSPS) is 13.7. The Kier molecular flexibility index (Phi) is 16.7. The topological polar surface area (TPSA) is 84.0 Å². The number of halogens is 1. The highest BCUT2D eigenvalue weighted by molar-refractivity contribution is 14.0. The van der Waals surface area contributed by atoms with Gasteiger partial charge in [-0.15, -0.1) is 24.0 Å². The summed E-state index contributed by atoms with van der Waals surface area (Å²) in [6.45, 7) is 12.3. The van der Waals surface area contributed by atoms with Crippen molar-refractivity contribution in [2.24, 2.45) is 10.9 Å². The van der Waals surface area contributed by atoms with Crippen LogP contribution in [0.2, 0.25) is 0 Å². The average molecular weight is 458 g/mol. The molecule has 0 aromatic rings. The molecular formula is C16H35IN4O3. The largest absolute Gasteiger partial charge is 0.450 e. The molecule has 0 aromatic carbocycles. The van der Waals surface area contributed by atoms with E-state index in [1.165, 1.54) is 0 Å². The van der Waals surface area contributed by atoms with Crippen LogP contribution in [0.5, 0.6) is 0 Å². The van der Waals surface area contributed by atoms with Crippen LogP contribution in [0, 0.1) is 5.92 Å². The maximum absolute atomic E-state index is 11.6. The van der Waals surface area contributed by atoms with Gasteiger partial charge in [-0.05, 0) is 33.1 Å². The van der Waals surface area contributed by atoms with Gasteiger partial charge < -0.3 is 25.4 Å². The van der Waals surface area contributed by atoms with Crippen LogP contribution in [-0.4, -0.2) is 57.5 Å². The Hall–Kier alpha value is -0.770. The lowest BCUT2D eigenvalue weighted by atomic mass is 10.0. The second-order valence-corrected chi connectivity index (χ2v) is 5.91. The van der Waals surface area contributed by atoms with Gasteiger partial charge in [-0.1, -0.05) is 13.8 Å². The van der Waals surface area contributed by atoms with Crippen LogP contribution in [0.1, 0.15) is 41.0 Å². The summed E-state index contributed by atoms with van der Waals surface area (Å²) in [5.74, 6) is 1.18. The first-order valence-corrected chi connectivity index (χ1v) is 8.39. The van der Waals surface area contributed by atoms with E-state index in [4.69, 9.17) is 9.47 Å². The molecule has 3 N–H and O–H groups in total. The van der Waals surface area contributed by atoms with Crippen molar-refractivity contribution < 1.29 is 14.3 Å². The number of rotatable bonds is 10. The monoisotopic (exact) mass is 458 g/mol. The second kappa shape index (κ2) is 15.7. The Labute approximate surface area is 163 Å². The van der Waals surface area contributed by atoms with Gasteiger partial charge in [-0.2, -0.15) is 0 Å². The molecule has 0 heterocycles. The molecule has 7 nitrogen and oxygen atoms in total. The van der Waals surface area contributed by atoms with Gasteiger partial charge in [-0.3, -0.25) is 4.99 Å². The van der Waals surface area contributed by atoms with Crippen molar-refractivity contribution in [2.45, 2.75) is 53.1 Å². The molecule has 2 unspecified atom stereocenters.